The van der Waals surface area contributed by atoms with Crippen LogP contribution in [0.3, 0.4) is 0 Å². The average molecular weight is 347 g/mol. The maximum Gasteiger partial charge on any atom is 0.253 e. The number of aromatic nitrogens is 4. The quantitative estimate of drug-likeness (QED) is 0.711. The molecule has 9 heteroatoms. The van der Waals surface area contributed by atoms with Gasteiger partial charge in [-0.05, 0) is 0 Å². The van der Waals surface area contributed by atoms with Gasteiger partial charge in [-0.1, -0.05) is 0 Å². The van der Waals surface area contributed by atoms with Gasteiger partial charge in [0.1, 0.15) is 6.10 Å². The Hall–Kier alpha value is -2.68. The van der Waals surface area contributed by atoms with Crippen LogP contribution >= 0.6 is 0 Å². The Kier molecular flexibility index (Phi) is 5.13. The molecule has 9 nitrogen and oxygen atoms in total. The van der Waals surface area contributed by atoms with Crippen LogP contribution in [0.15, 0.2) is 35.8 Å². The highest BCUT2D eigenvalue weighted by atomic mass is 16.5. The summed E-state index contributed by atoms with van der Waals surface area (Å²) in [6.45, 7) is 1.12. The van der Waals surface area contributed by atoms with E-state index in [1.807, 2.05) is 7.05 Å². The lowest BCUT2D eigenvalue weighted by molar-refractivity contribution is -0.133. The summed E-state index contributed by atoms with van der Waals surface area (Å²) in [4.78, 5) is 29.7. The number of hydrogen-bond acceptors (Lipinski definition) is 6. The third-order valence-electron chi connectivity index (χ3n) is 4.22. The zero-order valence-corrected chi connectivity index (χ0v) is 14.2. The average Bonchev–Trinajstić information content (AvgIpc) is 3.22. The third kappa shape index (κ3) is 4.05. The number of aryl methyl sites for hydroxylation is 2. The molecule has 25 heavy (non-hydrogen) atoms. The van der Waals surface area contributed by atoms with Crippen molar-refractivity contribution in [3.63, 3.8) is 0 Å². The SMILES string of the molecule is CN(C(=O)CCn1cnccc1=O)[C@H]1COC[C@H]1Oc1cnn(C)c1. The van der Waals surface area contributed by atoms with Crippen molar-refractivity contribution in [2.75, 3.05) is 20.3 Å². The van der Waals surface area contributed by atoms with Crippen molar-refractivity contribution in [3.05, 3.63) is 41.3 Å². The number of nitrogens with zero attached hydrogens (tertiary/aromatic N) is 5. The number of rotatable bonds is 6. The maximum absolute atomic E-state index is 12.5. The Morgan fingerprint density at radius 2 is 2.32 bits per heavy atom. The Morgan fingerprint density at radius 1 is 1.48 bits per heavy atom. The molecule has 1 saturated heterocycles. The van der Waals surface area contributed by atoms with E-state index in [0.717, 1.165) is 0 Å². The van der Waals surface area contributed by atoms with Crippen LogP contribution in [-0.4, -0.2) is 62.5 Å². The summed E-state index contributed by atoms with van der Waals surface area (Å²) in [6, 6.07) is 1.19. The fourth-order valence-electron chi connectivity index (χ4n) is 2.76. The molecule has 0 spiro atoms. The Labute approximate surface area is 144 Å². The van der Waals surface area contributed by atoms with Crippen LogP contribution in [0.1, 0.15) is 6.42 Å². The van der Waals surface area contributed by atoms with Crippen LogP contribution in [0.4, 0.5) is 0 Å². The Bertz CT molecular complexity index is 787. The molecule has 0 saturated carbocycles. The number of likely N-dealkylation sites (N-methyl/N-ethyl adjacent to an activating group) is 1. The first-order valence-corrected chi connectivity index (χ1v) is 8.04. The minimum Gasteiger partial charge on any atom is -0.482 e. The number of ether oxygens (including phenoxy) is 2. The minimum atomic E-state index is -0.251. The van der Waals surface area contributed by atoms with E-state index in [-0.39, 0.29) is 36.6 Å². The van der Waals surface area contributed by atoms with Crippen LogP contribution in [0.25, 0.3) is 0 Å². The van der Waals surface area contributed by atoms with Gasteiger partial charge in [0, 0.05) is 39.3 Å². The lowest BCUT2D eigenvalue weighted by Crippen LogP contribution is -2.46. The molecule has 1 amide bonds. The van der Waals surface area contributed by atoms with Gasteiger partial charge < -0.3 is 14.4 Å². The third-order valence-corrected chi connectivity index (χ3v) is 4.22. The molecule has 2 aromatic heterocycles. The summed E-state index contributed by atoms with van der Waals surface area (Å²) in [5.74, 6) is 0.566. The van der Waals surface area contributed by atoms with E-state index in [4.69, 9.17) is 9.47 Å². The van der Waals surface area contributed by atoms with Crippen LogP contribution in [-0.2, 0) is 23.1 Å². The van der Waals surface area contributed by atoms with Gasteiger partial charge >= 0.3 is 0 Å². The number of hydrogen-bond donors (Lipinski definition) is 0. The molecule has 134 valence electrons. The van der Waals surface area contributed by atoms with Gasteiger partial charge in [-0.15, -0.1) is 0 Å². The van der Waals surface area contributed by atoms with Crippen molar-refractivity contribution in [2.45, 2.75) is 25.1 Å². The van der Waals surface area contributed by atoms with Crippen LogP contribution in [0, 0.1) is 0 Å². The van der Waals surface area contributed by atoms with Crippen molar-refractivity contribution >= 4 is 5.91 Å². The van der Waals surface area contributed by atoms with Gasteiger partial charge in [-0.25, -0.2) is 4.98 Å². The van der Waals surface area contributed by atoms with Crippen LogP contribution in [0.5, 0.6) is 5.75 Å². The maximum atomic E-state index is 12.5. The first kappa shape index (κ1) is 17.2. The van der Waals surface area contributed by atoms with Crippen LogP contribution < -0.4 is 10.3 Å². The number of amides is 1. The first-order valence-electron chi connectivity index (χ1n) is 8.04. The van der Waals surface area contributed by atoms with Gasteiger partial charge in [-0.2, -0.15) is 5.10 Å². The Balaban J connectivity index is 1.58. The summed E-state index contributed by atoms with van der Waals surface area (Å²) in [5, 5.41) is 4.07. The van der Waals surface area contributed by atoms with E-state index < -0.39 is 0 Å². The molecule has 1 aliphatic heterocycles. The van der Waals surface area contributed by atoms with Crippen LogP contribution in [0.2, 0.25) is 0 Å². The highest BCUT2D eigenvalue weighted by Crippen LogP contribution is 2.20. The topological polar surface area (TPSA) is 91.5 Å². The molecule has 3 rings (SSSR count). The van der Waals surface area contributed by atoms with E-state index in [0.29, 0.717) is 19.0 Å². The van der Waals surface area contributed by atoms with E-state index in [1.54, 1.807) is 29.0 Å². The number of carbonyl (C=O) groups is 1. The minimum absolute atomic E-state index is 0.0777. The molecule has 0 unspecified atom stereocenters. The van der Waals surface area contributed by atoms with Crippen molar-refractivity contribution in [1.29, 1.82) is 0 Å². The normalized spacial score (nSPS) is 19.8. The van der Waals surface area contributed by atoms with Gasteiger partial charge in [-0.3, -0.25) is 18.8 Å². The monoisotopic (exact) mass is 347 g/mol. The molecule has 1 fully saturated rings. The molecule has 0 N–H and O–H groups in total. The highest BCUT2D eigenvalue weighted by Gasteiger charge is 2.35. The zero-order valence-electron chi connectivity index (χ0n) is 14.2. The predicted molar refractivity (Wildman–Crippen MR) is 88.1 cm³/mol. The molecule has 0 radical (unpaired) electrons. The van der Waals surface area contributed by atoms with Gasteiger partial charge in [0.2, 0.25) is 5.91 Å². The largest absolute Gasteiger partial charge is 0.482 e. The molecular weight excluding hydrogens is 326 g/mol. The van der Waals surface area contributed by atoms with E-state index >= 15 is 0 Å². The Morgan fingerprint density at radius 3 is 3.04 bits per heavy atom. The second-order valence-corrected chi connectivity index (χ2v) is 5.98. The van der Waals surface area contributed by atoms with E-state index in [2.05, 4.69) is 10.1 Å². The molecule has 0 aromatic carbocycles. The lowest BCUT2D eigenvalue weighted by Gasteiger charge is -2.28. The molecule has 0 bridgehead atoms. The van der Waals surface area contributed by atoms with Crippen molar-refractivity contribution < 1.29 is 14.3 Å². The van der Waals surface area contributed by atoms with Gasteiger partial charge in [0.15, 0.2) is 5.75 Å². The molecular formula is C16H21N5O4. The summed E-state index contributed by atoms with van der Waals surface area (Å²) >= 11 is 0. The summed E-state index contributed by atoms with van der Waals surface area (Å²) in [7, 11) is 3.54. The fraction of sp³-hybridized carbons (Fsp3) is 0.500. The second kappa shape index (κ2) is 7.47. The fourth-order valence-corrected chi connectivity index (χ4v) is 2.76. The zero-order chi connectivity index (χ0) is 17.8. The molecule has 3 heterocycles. The van der Waals surface area contributed by atoms with Gasteiger partial charge in [0.05, 0.1) is 38.0 Å². The smallest absolute Gasteiger partial charge is 0.253 e. The molecule has 2 atom stereocenters. The van der Waals surface area contributed by atoms with Crippen molar-refractivity contribution in [3.8, 4) is 5.75 Å². The predicted octanol–water partition coefficient (Wildman–Crippen LogP) is -0.328. The van der Waals surface area contributed by atoms with Crippen molar-refractivity contribution in [2.24, 2.45) is 7.05 Å². The lowest BCUT2D eigenvalue weighted by atomic mass is 10.1. The summed E-state index contributed by atoms with van der Waals surface area (Å²) in [5.41, 5.74) is -0.174. The molecule has 2 aromatic rings. The van der Waals surface area contributed by atoms with E-state index in [1.165, 1.54) is 23.2 Å². The second-order valence-electron chi connectivity index (χ2n) is 5.98. The summed E-state index contributed by atoms with van der Waals surface area (Å²) < 4.78 is 14.5. The number of carbonyl (C=O) groups excluding carboxylic acids is 1. The highest BCUT2D eigenvalue weighted by molar-refractivity contribution is 5.76. The molecule has 1 aliphatic rings. The van der Waals surface area contributed by atoms with Crippen molar-refractivity contribution in [1.82, 2.24) is 24.2 Å². The standard InChI is InChI=1S/C16H21N5O4/c1-19-8-12(7-18-19)25-14-10-24-9-13(14)20(2)15(22)4-6-21-11-17-5-3-16(21)23/h3,5,7-8,11,13-14H,4,6,9-10H2,1-2H3/t13-,14+/m0/s1. The summed E-state index contributed by atoms with van der Waals surface area (Å²) in [6.07, 6.45) is 6.22. The van der Waals surface area contributed by atoms with Gasteiger partial charge in [0.25, 0.3) is 5.56 Å². The first-order chi connectivity index (χ1) is 12.0. The van der Waals surface area contributed by atoms with E-state index in [9.17, 15) is 9.59 Å². The molecule has 0 aliphatic carbocycles.